The molecule has 0 aliphatic carbocycles. The molecule has 0 saturated carbocycles. The van der Waals surface area contributed by atoms with Crippen LogP contribution in [-0.2, 0) is 12.8 Å². The average Bonchev–Trinajstić information content (AvgIpc) is 2.29. The molecule has 0 aliphatic rings. The van der Waals surface area contributed by atoms with Gasteiger partial charge >= 0.3 is 0 Å². The van der Waals surface area contributed by atoms with Crippen LogP contribution in [0.1, 0.15) is 11.1 Å². The Morgan fingerprint density at radius 3 is 2.35 bits per heavy atom. The second-order valence-electron chi connectivity index (χ2n) is 3.84. The Bertz CT molecular complexity index is 463. The first kappa shape index (κ1) is 12.8. The minimum atomic E-state index is 0.956. The van der Waals surface area contributed by atoms with Crippen LogP contribution in [0.3, 0.4) is 0 Å². The van der Waals surface area contributed by atoms with Crippen molar-refractivity contribution >= 4 is 31.9 Å². The van der Waals surface area contributed by atoms with E-state index in [0.717, 1.165) is 21.8 Å². The lowest BCUT2D eigenvalue weighted by Gasteiger charge is -2.03. The summed E-state index contributed by atoms with van der Waals surface area (Å²) in [5.74, 6) is 0. The van der Waals surface area contributed by atoms with Crippen LogP contribution in [0.15, 0.2) is 51.7 Å². The Labute approximate surface area is 119 Å². The van der Waals surface area contributed by atoms with Crippen LogP contribution >= 0.6 is 31.9 Å². The molecule has 1 nitrogen and oxygen atoms in total. The first-order chi connectivity index (χ1) is 8.24. The van der Waals surface area contributed by atoms with Gasteiger partial charge in [0.15, 0.2) is 0 Å². The van der Waals surface area contributed by atoms with Crippen molar-refractivity contribution < 1.29 is 0 Å². The first-order valence-electron chi connectivity index (χ1n) is 5.39. The number of rotatable bonds is 4. The lowest BCUT2D eigenvalue weighted by atomic mass is 10.1. The Hall–Kier alpha value is -0.670. The third-order valence-corrected chi connectivity index (χ3v) is 3.32. The SMILES string of the molecule is Brc1cc(Br)cc(C[CH]Cc2cccnc2)c1. The monoisotopic (exact) mass is 352 g/mol. The first-order valence-corrected chi connectivity index (χ1v) is 6.98. The van der Waals surface area contributed by atoms with Gasteiger partial charge in [0.1, 0.15) is 0 Å². The van der Waals surface area contributed by atoms with Crippen LogP contribution in [0.2, 0.25) is 0 Å². The van der Waals surface area contributed by atoms with Crippen molar-refractivity contribution in [1.82, 2.24) is 4.98 Å². The van der Waals surface area contributed by atoms with Crippen LogP contribution < -0.4 is 0 Å². The molecule has 1 radical (unpaired) electrons. The molecule has 1 aromatic carbocycles. The van der Waals surface area contributed by atoms with E-state index in [-0.39, 0.29) is 0 Å². The minimum absolute atomic E-state index is 0.956. The summed E-state index contributed by atoms with van der Waals surface area (Å²) < 4.78 is 2.22. The number of hydrogen-bond donors (Lipinski definition) is 0. The second kappa shape index (κ2) is 6.31. The predicted octanol–water partition coefficient (Wildman–Crippen LogP) is 4.60. The summed E-state index contributed by atoms with van der Waals surface area (Å²) in [5.41, 5.74) is 2.55. The van der Waals surface area contributed by atoms with Crippen LogP contribution in [0, 0.1) is 6.42 Å². The maximum Gasteiger partial charge on any atom is 0.0299 e. The summed E-state index contributed by atoms with van der Waals surface area (Å²) >= 11 is 6.99. The fraction of sp³-hybridized carbons (Fsp3) is 0.143. The van der Waals surface area contributed by atoms with Crippen molar-refractivity contribution in [2.45, 2.75) is 12.8 Å². The zero-order chi connectivity index (χ0) is 12.1. The topological polar surface area (TPSA) is 12.9 Å². The molecule has 0 N–H and O–H groups in total. The minimum Gasteiger partial charge on any atom is -0.264 e. The van der Waals surface area contributed by atoms with Gasteiger partial charge < -0.3 is 0 Å². The summed E-state index contributed by atoms with van der Waals surface area (Å²) in [6.07, 6.45) is 7.90. The number of pyridine rings is 1. The smallest absolute Gasteiger partial charge is 0.0299 e. The highest BCUT2D eigenvalue weighted by molar-refractivity contribution is 9.11. The molecule has 0 spiro atoms. The van der Waals surface area contributed by atoms with Crippen molar-refractivity contribution in [1.29, 1.82) is 0 Å². The molecule has 87 valence electrons. The molecule has 1 aromatic heterocycles. The summed E-state index contributed by atoms with van der Waals surface area (Å²) in [6, 6.07) is 10.4. The fourth-order valence-electron chi connectivity index (χ4n) is 1.65. The lowest BCUT2D eigenvalue weighted by molar-refractivity contribution is 1.02. The summed E-state index contributed by atoms with van der Waals surface area (Å²) in [4.78, 5) is 4.10. The van der Waals surface area contributed by atoms with Crippen molar-refractivity contribution in [3.63, 3.8) is 0 Å². The highest BCUT2D eigenvalue weighted by Crippen LogP contribution is 2.21. The quantitative estimate of drug-likeness (QED) is 0.782. The molecule has 1 heterocycles. The number of hydrogen-bond acceptors (Lipinski definition) is 1. The van der Waals surface area contributed by atoms with Crippen LogP contribution in [0.25, 0.3) is 0 Å². The summed E-state index contributed by atoms with van der Waals surface area (Å²) in [7, 11) is 0. The molecule has 0 aliphatic heterocycles. The second-order valence-corrected chi connectivity index (χ2v) is 5.67. The van der Waals surface area contributed by atoms with E-state index in [1.165, 1.54) is 11.1 Å². The molecular formula is C14H12Br2N. The third-order valence-electron chi connectivity index (χ3n) is 2.41. The fourth-order valence-corrected chi connectivity index (χ4v) is 3.04. The van der Waals surface area contributed by atoms with Gasteiger partial charge in [-0.2, -0.15) is 0 Å². The zero-order valence-electron chi connectivity index (χ0n) is 9.24. The maximum atomic E-state index is 4.10. The van der Waals surface area contributed by atoms with Gasteiger partial charge in [-0.25, -0.2) is 0 Å². The normalized spacial score (nSPS) is 10.5. The number of nitrogens with zero attached hydrogens (tertiary/aromatic N) is 1. The molecule has 0 fully saturated rings. The molecule has 0 unspecified atom stereocenters. The number of halogens is 2. The van der Waals surface area contributed by atoms with Gasteiger partial charge in [0.05, 0.1) is 0 Å². The van der Waals surface area contributed by atoms with E-state index < -0.39 is 0 Å². The van der Waals surface area contributed by atoms with Crippen molar-refractivity contribution in [3.8, 4) is 0 Å². The van der Waals surface area contributed by atoms with E-state index >= 15 is 0 Å². The van der Waals surface area contributed by atoms with Gasteiger partial charge in [0, 0.05) is 21.3 Å². The van der Waals surface area contributed by atoms with E-state index in [0.29, 0.717) is 0 Å². The highest BCUT2D eigenvalue weighted by atomic mass is 79.9. The Kier molecular flexibility index (Phi) is 4.75. The molecule has 2 rings (SSSR count). The zero-order valence-corrected chi connectivity index (χ0v) is 12.4. The van der Waals surface area contributed by atoms with Crippen molar-refractivity contribution in [2.24, 2.45) is 0 Å². The van der Waals surface area contributed by atoms with Crippen molar-refractivity contribution in [2.75, 3.05) is 0 Å². The third kappa shape index (κ3) is 4.25. The number of benzene rings is 1. The van der Waals surface area contributed by atoms with Gasteiger partial charge in [-0.05, 0) is 54.7 Å². The van der Waals surface area contributed by atoms with Crippen LogP contribution in [0.4, 0.5) is 0 Å². The molecule has 17 heavy (non-hydrogen) atoms. The Morgan fingerprint density at radius 2 is 1.71 bits per heavy atom. The van der Waals surface area contributed by atoms with Crippen LogP contribution in [-0.4, -0.2) is 4.98 Å². The van der Waals surface area contributed by atoms with Gasteiger partial charge in [0.2, 0.25) is 0 Å². The summed E-state index contributed by atoms with van der Waals surface area (Å²) in [6.45, 7) is 0. The Morgan fingerprint density at radius 1 is 1.00 bits per heavy atom. The van der Waals surface area contributed by atoms with E-state index in [4.69, 9.17) is 0 Å². The van der Waals surface area contributed by atoms with E-state index in [1.54, 1.807) is 6.20 Å². The Balaban J connectivity index is 1.90. The lowest BCUT2D eigenvalue weighted by Crippen LogP contribution is -1.92. The molecule has 0 amide bonds. The average molecular weight is 354 g/mol. The van der Waals surface area contributed by atoms with Gasteiger partial charge in [-0.15, -0.1) is 0 Å². The van der Waals surface area contributed by atoms with Gasteiger partial charge in [-0.3, -0.25) is 4.98 Å². The molecular weight excluding hydrogens is 342 g/mol. The largest absolute Gasteiger partial charge is 0.264 e. The molecule has 0 saturated heterocycles. The molecule has 0 bridgehead atoms. The van der Waals surface area contributed by atoms with E-state index in [1.807, 2.05) is 18.3 Å². The standard InChI is InChI=1S/C14H12Br2N/c15-13-7-12(8-14(16)9-13)4-1-3-11-5-2-6-17-10-11/h1-2,5-10H,3-4H2. The molecule has 2 aromatic rings. The molecule has 3 heteroatoms. The van der Waals surface area contributed by atoms with Gasteiger partial charge in [-0.1, -0.05) is 37.9 Å². The van der Waals surface area contributed by atoms with Gasteiger partial charge in [0.25, 0.3) is 0 Å². The number of aromatic nitrogens is 1. The predicted molar refractivity (Wildman–Crippen MR) is 77.8 cm³/mol. The van der Waals surface area contributed by atoms with E-state index in [2.05, 4.69) is 61.5 Å². The highest BCUT2D eigenvalue weighted by Gasteiger charge is 1.99. The molecule has 0 atom stereocenters. The van der Waals surface area contributed by atoms with Crippen molar-refractivity contribution in [3.05, 3.63) is 69.2 Å². The van der Waals surface area contributed by atoms with E-state index in [9.17, 15) is 0 Å². The maximum absolute atomic E-state index is 4.10. The van der Waals surface area contributed by atoms with Crippen LogP contribution in [0.5, 0.6) is 0 Å². The summed E-state index contributed by atoms with van der Waals surface area (Å²) in [5, 5.41) is 0.